The third kappa shape index (κ3) is 2.73. The van der Waals surface area contributed by atoms with Crippen LogP contribution < -0.4 is 4.74 Å². The van der Waals surface area contributed by atoms with E-state index < -0.39 is 11.6 Å². The summed E-state index contributed by atoms with van der Waals surface area (Å²) in [6, 6.07) is 5.31. The summed E-state index contributed by atoms with van der Waals surface area (Å²) in [6.07, 6.45) is -0.354. The summed E-state index contributed by atoms with van der Waals surface area (Å²) in [5, 5.41) is 18.9. The van der Waals surface area contributed by atoms with E-state index in [9.17, 15) is 9.90 Å². The quantitative estimate of drug-likeness (QED) is 0.816. The van der Waals surface area contributed by atoms with E-state index in [0.29, 0.717) is 11.3 Å². The molecule has 0 aliphatic rings. The van der Waals surface area contributed by atoms with Crippen molar-refractivity contribution in [3.8, 4) is 5.75 Å². The standard InChI is InChI=1S/C12H16O4/c1-8-4-5-10(16-3)9(6-8)12(2,15)7-11(13)14/h4-6,15H,7H2,1-3H3,(H,13,14). The average Bonchev–Trinajstić information content (AvgIpc) is 2.15. The Bertz CT molecular complexity index is 396. The van der Waals surface area contributed by atoms with Gasteiger partial charge in [-0.2, -0.15) is 0 Å². The lowest BCUT2D eigenvalue weighted by molar-refractivity contribution is -0.142. The molecular weight excluding hydrogens is 208 g/mol. The molecule has 1 unspecified atom stereocenters. The first kappa shape index (κ1) is 12.5. The first-order valence-electron chi connectivity index (χ1n) is 4.96. The lowest BCUT2D eigenvalue weighted by Gasteiger charge is -2.24. The molecule has 4 heteroatoms. The summed E-state index contributed by atoms with van der Waals surface area (Å²) in [4.78, 5) is 10.7. The molecule has 0 spiro atoms. The SMILES string of the molecule is COc1ccc(C)cc1C(C)(O)CC(=O)O. The zero-order valence-electron chi connectivity index (χ0n) is 9.65. The van der Waals surface area contributed by atoms with Crippen LogP contribution in [0.25, 0.3) is 0 Å². The largest absolute Gasteiger partial charge is 0.496 e. The van der Waals surface area contributed by atoms with Crippen LogP contribution in [0.5, 0.6) is 5.75 Å². The Hall–Kier alpha value is -1.55. The topological polar surface area (TPSA) is 66.8 Å². The summed E-state index contributed by atoms with van der Waals surface area (Å²) < 4.78 is 5.12. The second-order valence-corrected chi connectivity index (χ2v) is 4.05. The smallest absolute Gasteiger partial charge is 0.306 e. The van der Waals surface area contributed by atoms with Crippen LogP contribution >= 0.6 is 0 Å². The maximum Gasteiger partial charge on any atom is 0.306 e. The lowest BCUT2D eigenvalue weighted by atomic mass is 9.90. The Kier molecular flexibility index (Phi) is 3.55. The van der Waals surface area contributed by atoms with Crippen molar-refractivity contribution in [2.45, 2.75) is 25.9 Å². The number of hydrogen-bond donors (Lipinski definition) is 2. The van der Waals surface area contributed by atoms with Crippen molar-refractivity contribution in [1.29, 1.82) is 0 Å². The summed E-state index contributed by atoms with van der Waals surface area (Å²) >= 11 is 0. The second-order valence-electron chi connectivity index (χ2n) is 4.05. The third-order valence-corrected chi connectivity index (χ3v) is 2.43. The van der Waals surface area contributed by atoms with Crippen molar-refractivity contribution < 1.29 is 19.7 Å². The van der Waals surface area contributed by atoms with E-state index in [2.05, 4.69) is 0 Å². The highest BCUT2D eigenvalue weighted by Crippen LogP contribution is 2.33. The zero-order valence-corrected chi connectivity index (χ0v) is 9.65. The van der Waals surface area contributed by atoms with Crippen molar-refractivity contribution in [3.63, 3.8) is 0 Å². The van der Waals surface area contributed by atoms with Crippen molar-refractivity contribution in [3.05, 3.63) is 29.3 Å². The minimum atomic E-state index is -1.43. The van der Waals surface area contributed by atoms with Crippen LogP contribution in [0.2, 0.25) is 0 Å². The van der Waals surface area contributed by atoms with E-state index in [1.165, 1.54) is 14.0 Å². The highest BCUT2D eigenvalue weighted by atomic mass is 16.5. The zero-order chi connectivity index (χ0) is 12.3. The van der Waals surface area contributed by atoms with Gasteiger partial charge in [0, 0.05) is 5.56 Å². The Morgan fingerprint density at radius 3 is 2.62 bits per heavy atom. The molecule has 0 fully saturated rings. The molecule has 0 saturated carbocycles. The first-order chi connectivity index (χ1) is 7.36. The molecule has 0 bridgehead atoms. The number of carboxylic acids is 1. The van der Waals surface area contributed by atoms with Gasteiger partial charge in [0.1, 0.15) is 11.4 Å². The minimum absolute atomic E-state index is 0.354. The van der Waals surface area contributed by atoms with Crippen molar-refractivity contribution in [2.24, 2.45) is 0 Å². The van der Waals surface area contributed by atoms with Crippen molar-refractivity contribution in [2.75, 3.05) is 7.11 Å². The summed E-state index contributed by atoms with van der Waals surface area (Å²) in [5.74, 6) is -0.551. The van der Waals surface area contributed by atoms with Gasteiger partial charge < -0.3 is 14.9 Å². The average molecular weight is 224 g/mol. The number of ether oxygens (including phenoxy) is 1. The Balaban J connectivity index is 3.18. The van der Waals surface area contributed by atoms with Gasteiger partial charge >= 0.3 is 5.97 Å². The summed E-state index contributed by atoms with van der Waals surface area (Å²) in [5.41, 5.74) is 0.0160. The Labute approximate surface area is 94.5 Å². The number of methoxy groups -OCH3 is 1. The molecule has 0 aliphatic carbocycles. The number of aryl methyl sites for hydroxylation is 1. The molecule has 1 atom stereocenters. The third-order valence-electron chi connectivity index (χ3n) is 2.43. The fraction of sp³-hybridized carbons (Fsp3) is 0.417. The predicted octanol–water partition coefficient (Wildman–Crippen LogP) is 1.69. The maximum atomic E-state index is 10.7. The number of aliphatic carboxylic acids is 1. The van der Waals surface area contributed by atoms with Crippen molar-refractivity contribution in [1.82, 2.24) is 0 Å². The van der Waals surface area contributed by atoms with Gasteiger partial charge in [0.15, 0.2) is 0 Å². The fourth-order valence-corrected chi connectivity index (χ4v) is 1.63. The van der Waals surface area contributed by atoms with Gasteiger partial charge in [0.05, 0.1) is 13.5 Å². The molecule has 0 radical (unpaired) electrons. The first-order valence-corrected chi connectivity index (χ1v) is 4.96. The van der Waals surface area contributed by atoms with E-state index >= 15 is 0 Å². The van der Waals surface area contributed by atoms with Crippen LogP contribution in [0.15, 0.2) is 18.2 Å². The Morgan fingerprint density at radius 1 is 1.50 bits per heavy atom. The molecule has 4 nitrogen and oxygen atoms in total. The molecule has 88 valence electrons. The number of carbonyl (C=O) groups is 1. The molecular formula is C12H16O4. The van der Waals surface area contributed by atoms with Crippen molar-refractivity contribution >= 4 is 5.97 Å². The number of rotatable bonds is 4. The second kappa shape index (κ2) is 4.53. The number of benzene rings is 1. The van der Waals surface area contributed by atoms with E-state index in [-0.39, 0.29) is 6.42 Å². The molecule has 0 saturated heterocycles. The summed E-state index contributed by atoms with van der Waals surface area (Å²) in [7, 11) is 1.49. The van der Waals surface area contributed by atoms with Crippen LogP contribution in [0, 0.1) is 6.92 Å². The minimum Gasteiger partial charge on any atom is -0.496 e. The van der Waals surface area contributed by atoms with Gasteiger partial charge in [0.2, 0.25) is 0 Å². The van der Waals surface area contributed by atoms with E-state index in [4.69, 9.17) is 9.84 Å². The van der Waals surface area contributed by atoms with Crippen LogP contribution in [0.1, 0.15) is 24.5 Å². The molecule has 1 aromatic rings. The number of carboxylic acid groups (broad SMARTS) is 1. The molecule has 2 N–H and O–H groups in total. The van der Waals surface area contributed by atoms with Gasteiger partial charge in [0.25, 0.3) is 0 Å². The van der Waals surface area contributed by atoms with Crippen LogP contribution in [0.4, 0.5) is 0 Å². The van der Waals surface area contributed by atoms with Crippen LogP contribution in [-0.2, 0) is 10.4 Å². The van der Waals surface area contributed by atoms with Gasteiger partial charge in [-0.15, -0.1) is 0 Å². The molecule has 1 rings (SSSR count). The normalized spacial score (nSPS) is 14.2. The fourth-order valence-electron chi connectivity index (χ4n) is 1.63. The number of aliphatic hydroxyl groups is 1. The van der Waals surface area contributed by atoms with E-state index in [0.717, 1.165) is 5.56 Å². The summed E-state index contributed by atoms with van der Waals surface area (Å²) in [6.45, 7) is 3.35. The van der Waals surface area contributed by atoms with Gasteiger partial charge in [-0.05, 0) is 26.0 Å². The highest BCUT2D eigenvalue weighted by molar-refractivity contribution is 5.69. The molecule has 1 aromatic carbocycles. The molecule has 0 aliphatic heterocycles. The molecule has 0 amide bonds. The molecule has 16 heavy (non-hydrogen) atoms. The monoisotopic (exact) mass is 224 g/mol. The van der Waals surface area contributed by atoms with E-state index in [1.807, 2.05) is 13.0 Å². The number of hydrogen-bond acceptors (Lipinski definition) is 3. The molecule has 0 aromatic heterocycles. The van der Waals surface area contributed by atoms with Gasteiger partial charge in [-0.25, -0.2) is 0 Å². The highest BCUT2D eigenvalue weighted by Gasteiger charge is 2.29. The van der Waals surface area contributed by atoms with E-state index in [1.54, 1.807) is 12.1 Å². The predicted molar refractivity (Wildman–Crippen MR) is 59.6 cm³/mol. The van der Waals surface area contributed by atoms with Crippen LogP contribution in [-0.4, -0.2) is 23.3 Å². The van der Waals surface area contributed by atoms with Gasteiger partial charge in [-0.1, -0.05) is 11.6 Å². The van der Waals surface area contributed by atoms with Gasteiger partial charge in [-0.3, -0.25) is 4.79 Å². The van der Waals surface area contributed by atoms with Crippen LogP contribution in [0.3, 0.4) is 0 Å². The molecule has 0 heterocycles. The maximum absolute atomic E-state index is 10.7. The lowest BCUT2D eigenvalue weighted by Crippen LogP contribution is -2.25. The Morgan fingerprint density at radius 2 is 2.12 bits per heavy atom.